The lowest BCUT2D eigenvalue weighted by Crippen LogP contribution is -2.04. The van der Waals surface area contributed by atoms with Crippen LogP contribution in [-0.4, -0.2) is 14.5 Å². The Bertz CT molecular complexity index is 862. The Balaban J connectivity index is 2.40. The van der Waals surface area contributed by atoms with Crippen LogP contribution in [0.4, 0.5) is 0 Å². The molecule has 2 heterocycles. The Morgan fingerprint density at radius 3 is 2.81 bits per heavy atom. The fraction of sp³-hybridized carbons (Fsp3) is 0.133. The van der Waals surface area contributed by atoms with Crippen molar-refractivity contribution in [1.82, 2.24) is 14.5 Å². The summed E-state index contributed by atoms with van der Waals surface area (Å²) in [5, 5.41) is 9.48. The molecule has 3 aromatic rings. The first-order chi connectivity index (χ1) is 10.1. The van der Waals surface area contributed by atoms with Crippen LogP contribution in [0.5, 0.6) is 0 Å². The molecular weight excluding hydrogens is 307 g/mol. The number of imidazole rings is 1. The number of aromatic nitrogens is 3. The van der Waals surface area contributed by atoms with Gasteiger partial charge in [-0.3, -0.25) is 4.57 Å². The van der Waals surface area contributed by atoms with Crippen molar-refractivity contribution in [2.75, 3.05) is 0 Å². The predicted molar refractivity (Wildman–Crippen MR) is 82.9 cm³/mol. The molecule has 1 atom stereocenters. The van der Waals surface area contributed by atoms with Gasteiger partial charge in [0.2, 0.25) is 0 Å². The van der Waals surface area contributed by atoms with Crippen LogP contribution in [0.1, 0.15) is 23.7 Å². The van der Waals surface area contributed by atoms with Crippen molar-refractivity contribution in [3.63, 3.8) is 0 Å². The predicted octanol–water partition coefficient (Wildman–Crippen LogP) is 4.25. The largest absolute Gasteiger partial charge is 0.278 e. The summed E-state index contributed by atoms with van der Waals surface area (Å²) in [6.45, 7) is 1.83. The Morgan fingerprint density at radius 1 is 1.33 bits per heavy atom. The fourth-order valence-corrected chi connectivity index (χ4v) is 2.52. The van der Waals surface area contributed by atoms with E-state index in [1.807, 2.05) is 29.7 Å². The third-order valence-corrected chi connectivity index (χ3v) is 3.51. The number of nitrogens with zero attached hydrogens (tertiary/aromatic N) is 4. The molecule has 0 radical (unpaired) electrons. The van der Waals surface area contributed by atoms with Crippen LogP contribution < -0.4 is 0 Å². The van der Waals surface area contributed by atoms with E-state index < -0.39 is 0 Å². The minimum atomic E-state index is -0.329. The second-order valence-electron chi connectivity index (χ2n) is 4.55. The smallest absolute Gasteiger partial charge is 0.164 e. The Kier molecular flexibility index (Phi) is 3.54. The number of nitriles is 1. The van der Waals surface area contributed by atoms with E-state index in [1.54, 1.807) is 18.3 Å². The van der Waals surface area contributed by atoms with E-state index in [4.69, 9.17) is 23.2 Å². The molecule has 0 aliphatic rings. The Hall–Kier alpha value is -2.09. The van der Waals surface area contributed by atoms with E-state index in [2.05, 4.69) is 16.0 Å². The van der Waals surface area contributed by atoms with Gasteiger partial charge in [-0.2, -0.15) is 5.26 Å². The molecule has 0 saturated carbocycles. The van der Waals surface area contributed by atoms with Gasteiger partial charge in [0.25, 0.3) is 0 Å². The van der Waals surface area contributed by atoms with Gasteiger partial charge in [-0.1, -0.05) is 23.7 Å². The van der Waals surface area contributed by atoms with Gasteiger partial charge in [-0.25, -0.2) is 9.97 Å². The molecule has 21 heavy (non-hydrogen) atoms. The molecule has 0 amide bonds. The normalized spacial score (nSPS) is 12.3. The van der Waals surface area contributed by atoms with Gasteiger partial charge in [0.05, 0.1) is 21.7 Å². The zero-order chi connectivity index (χ0) is 15.0. The highest BCUT2D eigenvalue weighted by molar-refractivity contribution is 6.31. The van der Waals surface area contributed by atoms with Gasteiger partial charge < -0.3 is 0 Å². The Labute approximate surface area is 131 Å². The zero-order valence-corrected chi connectivity index (χ0v) is 12.6. The first kappa shape index (κ1) is 13.9. The average molecular weight is 317 g/mol. The topological polar surface area (TPSA) is 54.5 Å². The second-order valence-corrected chi connectivity index (χ2v) is 5.64. The van der Waals surface area contributed by atoms with Gasteiger partial charge in [-0.05, 0) is 25.1 Å². The van der Waals surface area contributed by atoms with Crippen LogP contribution >= 0.6 is 23.2 Å². The number of hydrogen-bond acceptors (Lipinski definition) is 3. The number of fused-ring (bicyclic) bond motifs is 1. The molecule has 1 unspecified atom stereocenters. The molecule has 1 aromatic carbocycles. The number of para-hydroxylation sites is 1. The number of halogens is 2. The van der Waals surface area contributed by atoms with E-state index >= 15 is 0 Å². The summed E-state index contributed by atoms with van der Waals surface area (Å²) in [6, 6.07) is 11.2. The van der Waals surface area contributed by atoms with E-state index in [-0.39, 0.29) is 5.38 Å². The maximum atomic E-state index is 9.30. The molecule has 2 aromatic heterocycles. The molecule has 0 spiro atoms. The minimum Gasteiger partial charge on any atom is -0.278 e. The van der Waals surface area contributed by atoms with E-state index in [0.717, 1.165) is 0 Å². The maximum Gasteiger partial charge on any atom is 0.164 e. The van der Waals surface area contributed by atoms with Gasteiger partial charge in [0, 0.05) is 6.20 Å². The van der Waals surface area contributed by atoms with Gasteiger partial charge in [0.1, 0.15) is 17.4 Å². The SMILES string of the molecule is CC(Cl)c1nc2cc(Cl)cnc2n1-c1ccccc1C#N. The van der Waals surface area contributed by atoms with Crippen molar-refractivity contribution in [2.45, 2.75) is 12.3 Å². The number of rotatable bonds is 2. The summed E-state index contributed by atoms with van der Waals surface area (Å²) < 4.78 is 1.81. The molecule has 4 nitrogen and oxygen atoms in total. The number of alkyl halides is 1. The molecule has 6 heteroatoms. The lowest BCUT2D eigenvalue weighted by Gasteiger charge is -2.11. The van der Waals surface area contributed by atoms with Crippen LogP contribution in [0.2, 0.25) is 5.02 Å². The molecule has 0 saturated heterocycles. The minimum absolute atomic E-state index is 0.329. The number of pyridine rings is 1. The van der Waals surface area contributed by atoms with E-state index in [9.17, 15) is 5.26 Å². The molecule has 0 N–H and O–H groups in total. The highest BCUT2D eigenvalue weighted by Gasteiger charge is 2.19. The molecule has 0 bridgehead atoms. The van der Waals surface area contributed by atoms with Crippen LogP contribution in [-0.2, 0) is 0 Å². The van der Waals surface area contributed by atoms with Crippen molar-refractivity contribution in [2.24, 2.45) is 0 Å². The van der Waals surface area contributed by atoms with Crippen LogP contribution in [0, 0.1) is 11.3 Å². The quantitative estimate of drug-likeness (QED) is 0.664. The monoisotopic (exact) mass is 316 g/mol. The first-order valence-electron chi connectivity index (χ1n) is 6.29. The lowest BCUT2D eigenvalue weighted by atomic mass is 10.2. The molecule has 0 fully saturated rings. The molecule has 0 aliphatic carbocycles. The van der Waals surface area contributed by atoms with E-state index in [1.165, 1.54) is 0 Å². The van der Waals surface area contributed by atoms with Crippen LogP contribution in [0.25, 0.3) is 16.9 Å². The molecule has 0 aliphatic heterocycles. The second kappa shape index (κ2) is 5.36. The summed E-state index contributed by atoms with van der Waals surface area (Å²) in [7, 11) is 0. The van der Waals surface area contributed by atoms with Gasteiger partial charge >= 0.3 is 0 Å². The summed E-state index contributed by atoms with van der Waals surface area (Å²) in [5.74, 6) is 0.629. The van der Waals surface area contributed by atoms with Crippen LogP contribution in [0.3, 0.4) is 0 Å². The van der Waals surface area contributed by atoms with Crippen molar-refractivity contribution in [3.8, 4) is 11.8 Å². The standard InChI is InChI=1S/C15H10Cl2N4/c1-9(16)14-20-12-6-11(17)8-19-15(12)21(14)13-5-3-2-4-10(13)7-18/h2-6,8-9H,1H3. The summed E-state index contributed by atoms with van der Waals surface area (Å²) in [5.41, 5.74) is 2.52. The van der Waals surface area contributed by atoms with Gasteiger partial charge in [-0.15, -0.1) is 11.6 Å². The third-order valence-electron chi connectivity index (χ3n) is 3.11. The van der Waals surface area contributed by atoms with Crippen molar-refractivity contribution in [3.05, 3.63) is 52.9 Å². The van der Waals surface area contributed by atoms with Crippen molar-refractivity contribution in [1.29, 1.82) is 5.26 Å². The summed E-state index contributed by atoms with van der Waals surface area (Å²) >= 11 is 12.2. The Morgan fingerprint density at radius 2 is 2.10 bits per heavy atom. The third kappa shape index (κ3) is 2.35. The van der Waals surface area contributed by atoms with Crippen molar-refractivity contribution >= 4 is 34.4 Å². The average Bonchev–Trinajstić information content (AvgIpc) is 2.85. The number of hydrogen-bond donors (Lipinski definition) is 0. The highest BCUT2D eigenvalue weighted by atomic mass is 35.5. The van der Waals surface area contributed by atoms with Gasteiger partial charge in [0.15, 0.2) is 5.65 Å². The fourth-order valence-electron chi connectivity index (χ4n) is 2.23. The lowest BCUT2D eigenvalue weighted by molar-refractivity contribution is 0.875. The van der Waals surface area contributed by atoms with Crippen LogP contribution in [0.15, 0.2) is 36.5 Å². The van der Waals surface area contributed by atoms with Crippen molar-refractivity contribution < 1.29 is 0 Å². The summed E-state index contributed by atoms with van der Waals surface area (Å²) in [6.07, 6.45) is 1.56. The molecule has 3 rings (SSSR count). The van der Waals surface area contributed by atoms with E-state index in [0.29, 0.717) is 33.3 Å². The number of benzene rings is 1. The first-order valence-corrected chi connectivity index (χ1v) is 7.10. The highest BCUT2D eigenvalue weighted by Crippen LogP contribution is 2.29. The zero-order valence-electron chi connectivity index (χ0n) is 11.1. The molecule has 104 valence electrons. The maximum absolute atomic E-state index is 9.30. The molecular formula is C15H10Cl2N4. The summed E-state index contributed by atoms with van der Waals surface area (Å²) in [4.78, 5) is 8.84.